The number of rotatable bonds is 2. The zero-order chi connectivity index (χ0) is 16.0. The number of para-hydroxylation sites is 1. The number of carbonyl (C=O) groups is 1. The van der Waals surface area contributed by atoms with Gasteiger partial charge in [0.05, 0.1) is 15.6 Å². The second kappa shape index (κ2) is 5.32. The zero-order valence-corrected chi connectivity index (χ0v) is 14.2. The van der Waals surface area contributed by atoms with Crippen molar-refractivity contribution in [3.8, 4) is 0 Å². The molecule has 0 saturated heterocycles. The fraction of sp³-hybridized carbons (Fsp3) is 0.222. The second-order valence-corrected chi connectivity index (χ2v) is 7.36. The maximum Gasteiger partial charge on any atom is 0.258 e. The average Bonchev–Trinajstić information content (AvgIpc) is 3.31. The standard InChI is InChI=1S/C18H15ClN2OS/c1-21-14-4-2-3-5-15(14)23-17(21)20-16(22)18(10-11-18)12-6-8-13(19)9-7-12/h2-9H,10-11H2,1H3. The van der Waals surface area contributed by atoms with Gasteiger partial charge in [0, 0.05) is 12.1 Å². The molecule has 0 aliphatic heterocycles. The highest BCUT2D eigenvalue weighted by molar-refractivity contribution is 7.16. The fourth-order valence-corrected chi connectivity index (χ4v) is 4.04. The first-order valence-electron chi connectivity index (χ1n) is 7.50. The molecule has 0 bridgehead atoms. The largest absolute Gasteiger partial charge is 0.319 e. The van der Waals surface area contributed by atoms with Gasteiger partial charge in [-0.2, -0.15) is 4.99 Å². The van der Waals surface area contributed by atoms with Crippen LogP contribution in [0, 0.1) is 0 Å². The van der Waals surface area contributed by atoms with Gasteiger partial charge in [0.15, 0.2) is 4.80 Å². The van der Waals surface area contributed by atoms with Gasteiger partial charge >= 0.3 is 0 Å². The minimum Gasteiger partial charge on any atom is -0.319 e. The highest BCUT2D eigenvalue weighted by atomic mass is 35.5. The monoisotopic (exact) mass is 342 g/mol. The first kappa shape index (κ1) is 14.7. The Hall–Kier alpha value is -1.91. The molecule has 0 N–H and O–H groups in total. The van der Waals surface area contributed by atoms with Crippen LogP contribution in [0.15, 0.2) is 53.5 Å². The van der Waals surface area contributed by atoms with E-state index in [9.17, 15) is 4.79 Å². The molecule has 1 aliphatic rings. The molecule has 116 valence electrons. The Morgan fingerprint density at radius 3 is 2.52 bits per heavy atom. The van der Waals surface area contributed by atoms with Crippen molar-refractivity contribution < 1.29 is 4.79 Å². The normalized spacial score (nSPS) is 16.7. The molecule has 3 aromatic rings. The molecule has 0 spiro atoms. The average molecular weight is 343 g/mol. The van der Waals surface area contributed by atoms with Crippen LogP contribution in [-0.2, 0) is 17.3 Å². The number of hydrogen-bond donors (Lipinski definition) is 0. The van der Waals surface area contributed by atoms with Crippen molar-refractivity contribution in [3.63, 3.8) is 0 Å². The van der Waals surface area contributed by atoms with E-state index in [1.807, 2.05) is 54.1 Å². The highest BCUT2D eigenvalue weighted by Gasteiger charge is 2.51. The molecule has 3 nitrogen and oxygen atoms in total. The molecule has 1 heterocycles. The number of hydrogen-bond acceptors (Lipinski definition) is 2. The molecule has 23 heavy (non-hydrogen) atoms. The summed E-state index contributed by atoms with van der Waals surface area (Å²) in [5.41, 5.74) is 1.66. The van der Waals surface area contributed by atoms with E-state index in [4.69, 9.17) is 11.6 Å². The van der Waals surface area contributed by atoms with E-state index < -0.39 is 5.41 Å². The Bertz CT molecular complexity index is 965. The van der Waals surface area contributed by atoms with Crippen LogP contribution in [0.3, 0.4) is 0 Å². The lowest BCUT2D eigenvalue weighted by Crippen LogP contribution is -2.22. The molecular weight excluding hydrogens is 328 g/mol. The van der Waals surface area contributed by atoms with E-state index in [-0.39, 0.29) is 5.91 Å². The van der Waals surface area contributed by atoms with Crippen LogP contribution in [0.4, 0.5) is 0 Å². The number of aryl methyl sites for hydroxylation is 1. The zero-order valence-electron chi connectivity index (χ0n) is 12.6. The maximum absolute atomic E-state index is 12.8. The molecule has 0 unspecified atom stereocenters. The third kappa shape index (κ3) is 2.42. The second-order valence-electron chi connectivity index (χ2n) is 5.92. The van der Waals surface area contributed by atoms with E-state index >= 15 is 0 Å². The summed E-state index contributed by atoms with van der Waals surface area (Å²) in [6.07, 6.45) is 1.71. The summed E-state index contributed by atoms with van der Waals surface area (Å²) in [6.45, 7) is 0. The molecule has 5 heteroatoms. The van der Waals surface area contributed by atoms with E-state index in [1.165, 1.54) is 0 Å². The molecular formula is C18H15ClN2OS. The first-order chi connectivity index (χ1) is 11.1. The van der Waals surface area contributed by atoms with Crippen LogP contribution >= 0.6 is 22.9 Å². The topological polar surface area (TPSA) is 34.4 Å². The van der Waals surface area contributed by atoms with Crippen LogP contribution in [0.25, 0.3) is 10.2 Å². The highest BCUT2D eigenvalue weighted by Crippen LogP contribution is 2.49. The van der Waals surface area contributed by atoms with E-state index in [2.05, 4.69) is 11.1 Å². The Morgan fingerprint density at radius 1 is 1.17 bits per heavy atom. The van der Waals surface area contributed by atoms with Gasteiger partial charge in [-0.15, -0.1) is 0 Å². The van der Waals surface area contributed by atoms with Crippen LogP contribution in [0.2, 0.25) is 5.02 Å². The van der Waals surface area contributed by atoms with Crippen molar-refractivity contribution in [1.82, 2.24) is 4.57 Å². The lowest BCUT2D eigenvalue weighted by atomic mass is 9.95. The summed E-state index contributed by atoms with van der Waals surface area (Å²) in [5, 5.41) is 0.685. The van der Waals surface area contributed by atoms with Gasteiger partial charge in [-0.1, -0.05) is 47.2 Å². The number of carbonyl (C=O) groups excluding carboxylic acids is 1. The Balaban J connectivity index is 1.77. The van der Waals surface area contributed by atoms with Gasteiger partial charge in [0.2, 0.25) is 0 Å². The van der Waals surface area contributed by atoms with E-state index in [0.29, 0.717) is 5.02 Å². The molecule has 1 aliphatic carbocycles. The molecule has 2 aromatic carbocycles. The molecule has 0 atom stereocenters. The predicted octanol–water partition coefficient (Wildman–Crippen LogP) is 4.05. The van der Waals surface area contributed by atoms with Gasteiger partial charge in [-0.25, -0.2) is 0 Å². The summed E-state index contributed by atoms with van der Waals surface area (Å²) >= 11 is 7.50. The van der Waals surface area contributed by atoms with Crippen LogP contribution < -0.4 is 4.80 Å². The van der Waals surface area contributed by atoms with Crippen LogP contribution in [-0.4, -0.2) is 10.5 Å². The number of halogens is 1. The van der Waals surface area contributed by atoms with Crippen molar-refractivity contribution in [1.29, 1.82) is 0 Å². The van der Waals surface area contributed by atoms with Crippen molar-refractivity contribution in [2.75, 3.05) is 0 Å². The number of nitrogens with zero attached hydrogens (tertiary/aromatic N) is 2. The van der Waals surface area contributed by atoms with Gasteiger partial charge in [0.25, 0.3) is 5.91 Å². The minimum atomic E-state index is -0.451. The molecule has 1 saturated carbocycles. The smallest absolute Gasteiger partial charge is 0.258 e. The number of thiazole rings is 1. The van der Waals surface area contributed by atoms with Crippen LogP contribution in [0.5, 0.6) is 0 Å². The fourth-order valence-electron chi connectivity index (χ4n) is 2.90. The SMILES string of the molecule is Cn1c(=NC(=O)C2(c3ccc(Cl)cc3)CC2)sc2ccccc21. The Morgan fingerprint density at radius 2 is 1.87 bits per heavy atom. The van der Waals surface area contributed by atoms with Gasteiger partial charge in [0.1, 0.15) is 0 Å². The van der Waals surface area contributed by atoms with Gasteiger partial charge in [-0.3, -0.25) is 4.79 Å². The summed E-state index contributed by atoms with van der Waals surface area (Å²) < 4.78 is 3.12. The van der Waals surface area contributed by atoms with Crippen molar-refractivity contribution in [2.24, 2.45) is 12.0 Å². The summed E-state index contributed by atoms with van der Waals surface area (Å²) in [5.74, 6) is -0.0537. The van der Waals surface area contributed by atoms with Gasteiger partial charge in [-0.05, 0) is 42.7 Å². The van der Waals surface area contributed by atoms with Gasteiger partial charge < -0.3 is 4.57 Å². The number of aromatic nitrogens is 1. The minimum absolute atomic E-state index is 0.0537. The molecule has 4 rings (SSSR count). The summed E-state index contributed by atoms with van der Waals surface area (Å²) in [6, 6.07) is 15.6. The molecule has 1 aromatic heterocycles. The lowest BCUT2D eigenvalue weighted by Gasteiger charge is -2.11. The van der Waals surface area contributed by atoms with Crippen molar-refractivity contribution in [2.45, 2.75) is 18.3 Å². The summed E-state index contributed by atoms with van der Waals surface area (Å²) in [7, 11) is 1.95. The maximum atomic E-state index is 12.8. The molecule has 1 fully saturated rings. The Labute approximate surface area is 142 Å². The first-order valence-corrected chi connectivity index (χ1v) is 8.69. The van der Waals surface area contributed by atoms with E-state index in [0.717, 1.165) is 33.4 Å². The summed E-state index contributed by atoms with van der Waals surface area (Å²) in [4.78, 5) is 18.0. The third-order valence-corrected chi connectivity index (χ3v) is 5.83. The predicted molar refractivity (Wildman–Crippen MR) is 93.7 cm³/mol. The molecule has 1 amide bonds. The quantitative estimate of drug-likeness (QED) is 0.691. The van der Waals surface area contributed by atoms with Crippen molar-refractivity contribution in [3.05, 3.63) is 63.9 Å². The Kier molecular flexibility index (Phi) is 3.39. The van der Waals surface area contributed by atoms with Crippen LogP contribution in [0.1, 0.15) is 18.4 Å². The van der Waals surface area contributed by atoms with E-state index in [1.54, 1.807) is 11.3 Å². The molecule has 0 radical (unpaired) electrons. The van der Waals surface area contributed by atoms with Crippen molar-refractivity contribution >= 4 is 39.1 Å². The lowest BCUT2D eigenvalue weighted by molar-refractivity contribution is -0.120. The third-order valence-electron chi connectivity index (χ3n) is 4.47. The number of amides is 1. The number of fused-ring (bicyclic) bond motifs is 1. The number of benzene rings is 2.